The highest BCUT2D eigenvalue weighted by molar-refractivity contribution is 7.90. The van der Waals surface area contributed by atoms with E-state index in [4.69, 9.17) is 9.47 Å². The van der Waals surface area contributed by atoms with Gasteiger partial charge >= 0.3 is 0 Å². The number of carbonyl (C=O) groups is 1. The Bertz CT molecular complexity index is 1010. The SMILES string of the molecule is CC(C)Oc1ccc(S(C)(=O)=O)cc1C(=O)N1CCC(Oc2ccccc2F)C1. The van der Waals surface area contributed by atoms with Gasteiger partial charge in [-0.05, 0) is 44.2 Å². The van der Waals surface area contributed by atoms with Gasteiger partial charge in [0.05, 0.1) is 23.1 Å². The molecule has 156 valence electrons. The molecule has 1 fully saturated rings. The number of amides is 1. The minimum absolute atomic E-state index is 0.0512. The van der Waals surface area contributed by atoms with E-state index in [0.717, 1.165) is 6.26 Å². The Hall–Kier alpha value is -2.61. The molecule has 0 bridgehead atoms. The van der Waals surface area contributed by atoms with Crippen molar-refractivity contribution >= 4 is 15.7 Å². The van der Waals surface area contributed by atoms with Crippen molar-refractivity contribution in [3.63, 3.8) is 0 Å². The van der Waals surface area contributed by atoms with Gasteiger partial charge in [-0.1, -0.05) is 12.1 Å². The summed E-state index contributed by atoms with van der Waals surface area (Å²) in [6.07, 6.45) is 1.12. The highest BCUT2D eigenvalue weighted by Crippen LogP contribution is 2.28. The Morgan fingerprint density at radius 3 is 2.55 bits per heavy atom. The largest absolute Gasteiger partial charge is 0.490 e. The Kier molecular flexibility index (Phi) is 6.12. The van der Waals surface area contributed by atoms with Crippen LogP contribution in [0.1, 0.15) is 30.6 Å². The maximum absolute atomic E-state index is 13.8. The number of carbonyl (C=O) groups excluding carboxylic acids is 1. The molecule has 1 saturated heterocycles. The summed E-state index contributed by atoms with van der Waals surface area (Å²) in [5.74, 6) is -0.317. The number of ether oxygens (including phenoxy) is 2. The van der Waals surface area contributed by atoms with Crippen molar-refractivity contribution in [2.24, 2.45) is 0 Å². The number of rotatable bonds is 6. The van der Waals surface area contributed by atoms with E-state index in [-0.39, 0.29) is 40.9 Å². The van der Waals surface area contributed by atoms with Crippen molar-refractivity contribution in [1.82, 2.24) is 4.90 Å². The predicted molar refractivity (Wildman–Crippen MR) is 107 cm³/mol. The minimum atomic E-state index is -3.48. The molecule has 3 rings (SSSR count). The summed E-state index contributed by atoms with van der Waals surface area (Å²) in [6, 6.07) is 10.4. The molecule has 1 amide bonds. The number of nitrogens with zero attached hydrogens (tertiary/aromatic N) is 1. The normalized spacial score (nSPS) is 16.9. The van der Waals surface area contributed by atoms with E-state index in [1.807, 2.05) is 13.8 Å². The minimum Gasteiger partial charge on any atom is -0.490 e. The average molecular weight is 421 g/mol. The number of hydrogen-bond acceptors (Lipinski definition) is 5. The number of benzene rings is 2. The molecule has 0 aromatic heterocycles. The van der Waals surface area contributed by atoms with E-state index in [2.05, 4.69) is 0 Å². The van der Waals surface area contributed by atoms with Crippen LogP contribution in [0.3, 0.4) is 0 Å². The fourth-order valence-electron chi connectivity index (χ4n) is 3.16. The summed E-state index contributed by atoms with van der Waals surface area (Å²) in [7, 11) is -3.48. The molecule has 0 radical (unpaired) electrons. The van der Waals surface area contributed by atoms with Gasteiger partial charge < -0.3 is 14.4 Å². The Labute approximate surface area is 170 Å². The lowest BCUT2D eigenvalue weighted by atomic mass is 10.1. The Morgan fingerprint density at radius 1 is 1.17 bits per heavy atom. The summed E-state index contributed by atoms with van der Waals surface area (Å²) >= 11 is 0. The zero-order valence-corrected chi connectivity index (χ0v) is 17.4. The van der Waals surface area contributed by atoms with Crippen LogP contribution in [0, 0.1) is 5.82 Å². The first-order valence-corrected chi connectivity index (χ1v) is 11.3. The van der Waals surface area contributed by atoms with Crippen molar-refractivity contribution in [3.8, 4) is 11.5 Å². The third-order valence-corrected chi connectivity index (χ3v) is 5.65. The number of para-hydroxylation sites is 1. The molecule has 29 heavy (non-hydrogen) atoms. The smallest absolute Gasteiger partial charge is 0.257 e. The van der Waals surface area contributed by atoms with Gasteiger partial charge in [-0.15, -0.1) is 0 Å². The van der Waals surface area contributed by atoms with E-state index < -0.39 is 15.7 Å². The van der Waals surface area contributed by atoms with Crippen LogP contribution in [0.15, 0.2) is 47.4 Å². The second-order valence-corrected chi connectivity index (χ2v) is 9.32. The quantitative estimate of drug-likeness (QED) is 0.716. The van der Waals surface area contributed by atoms with E-state index in [1.54, 1.807) is 23.1 Å². The summed E-state index contributed by atoms with van der Waals surface area (Å²) in [5.41, 5.74) is 0.188. The monoisotopic (exact) mass is 421 g/mol. The van der Waals surface area contributed by atoms with Gasteiger partial charge in [0.25, 0.3) is 5.91 Å². The molecule has 2 aromatic carbocycles. The van der Waals surface area contributed by atoms with E-state index in [1.165, 1.54) is 24.3 Å². The van der Waals surface area contributed by atoms with Crippen LogP contribution in [0.5, 0.6) is 11.5 Å². The van der Waals surface area contributed by atoms with Crippen LogP contribution < -0.4 is 9.47 Å². The van der Waals surface area contributed by atoms with Crippen LogP contribution >= 0.6 is 0 Å². The summed E-state index contributed by atoms with van der Waals surface area (Å²) in [4.78, 5) is 14.7. The van der Waals surface area contributed by atoms with Gasteiger partial charge in [-0.25, -0.2) is 12.8 Å². The summed E-state index contributed by atoms with van der Waals surface area (Å²) < 4.78 is 49.1. The van der Waals surface area contributed by atoms with Crippen LogP contribution in [0.4, 0.5) is 4.39 Å². The number of halogens is 1. The first-order valence-electron chi connectivity index (χ1n) is 9.36. The molecule has 1 aliphatic rings. The highest BCUT2D eigenvalue weighted by Gasteiger charge is 2.31. The van der Waals surface area contributed by atoms with Gasteiger partial charge in [0, 0.05) is 19.2 Å². The van der Waals surface area contributed by atoms with Gasteiger partial charge in [-0.2, -0.15) is 0 Å². The van der Waals surface area contributed by atoms with Crippen molar-refractivity contribution in [1.29, 1.82) is 0 Å². The lowest BCUT2D eigenvalue weighted by Gasteiger charge is -2.20. The lowest BCUT2D eigenvalue weighted by molar-refractivity contribution is 0.0765. The molecule has 1 unspecified atom stereocenters. The molecule has 1 aliphatic heterocycles. The summed E-state index contributed by atoms with van der Waals surface area (Å²) in [5, 5.41) is 0. The van der Waals surface area contributed by atoms with Gasteiger partial charge in [-0.3, -0.25) is 4.79 Å². The molecule has 0 N–H and O–H groups in total. The lowest BCUT2D eigenvalue weighted by Crippen LogP contribution is -2.31. The molecule has 0 saturated carbocycles. The van der Waals surface area contributed by atoms with Crippen LogP contribution in [-0.2, 0) is 9.84 Å². The first kappa shape index (κ1) is 21.1. The standard InChI is InChI=1S/C21H24FNO5S/c1-14(2)27-19-9-8-16(29(3,25)26)12-17(19)21(24)23-11-10-15(13-23)28-20-7-5-4-6-18(20)22/h4-9,12,14-15H,10-11,13H2,1-3H3. The highest BCUT2D eigenvalue weighted by atomic mass is 32.2. The van der Waals surface area contributed by atoms with Crippen molar-refractivity contribution in [2.45, 2.75) is 37.4 Å². The molecule has 0 spiro atoms. The zero-order valence-electron chi connectivity index (χ0n) is 16.6. The second kappa shape index (κ2) is 8.41. The third kappa shape index (κ3) is 5.06. The maximum Gasteiger partial charge on any atom is 0.257 e. The molecule has 0 aliphatic carbocycles. The average Bonchev–Trinajstić information content (AvgIpc) is 3.10. The molecule has 1 atom stereocenters. The molecule has 1 heterocycles. The van der Waals surface area contributed by atoms with E-state index in [0.29, 0.717) is 18.7 Å². The Morgan fingerprint density at radius 2 is 1.90 bits per heavy atom. The topological polar surface area (TPSA) is 72.9 Å². The van der Waals surface area contributed by atoms with E-state index >= 15 is 0 Å². The van der Waals surface area contributed by atoms with Gasteiger partial charge in [0.15, 0.2) is 21.4 Å². The first-order chi connectivity index (χ1) is 13.6. The second-order valence-electron chi connectivity index (χ2n) is 7.31. The fraction of sp³-hybridized carbons (Fsp3) is 0.381. The van der Waals surface area contributed by atoms with Crippen molar-refractivity contribution < 1.29 is 27.1 Å². The van der Waals surface area contributed by atoms with Crippen LogP contribution in [-0.4, -0.2) is 50.8 Å². The maximum atomic E-state index is 13.8. The molecule has 6 nitrogen and oxygen atoms in total. The molecular formula is C21H24FNO5S. The fourth-order valence-corrected chi connectivity index (χ4v) is 3.81. The zero-order chi connectivity index (χ0) is 21.2. The Balaban J connectivity index is 1.81. The predicted octanol–water partition coefficient (Wildman–Crippen LogP) is 3.31. The van der Waals surface area contributed by atoms with Crippen molar-refractivity contribution in [3.05, 3.63) is 53.8 Å². The number of likely N-dealkylation sites (tertiary alicyclic amines) is 1. The van der Waals surface area contributed by atoms with Crippen LogP contribution in [0.25, 0.3) is 0 Å². The number of hydrogen-bond donors (Lipinski definition) is 0. The van der Waals surface area contributed by atoms with Gasteiger partial charge in [0.2, 0.25) is 0 Å². The van der Waals surface area contributed by atoms with Crippen LogP contribution in [0.2, 0.25) is 0 Å². The number of sulfone groups is 1. The van der Waals surface area contributed by atoms with Crippen molar-refractivity contribution in [2.75, 3.05) is 19.3 Å². The molecule has 2 aromatic rings. The summed E-state index contributed by atoms with van der Waals surface area (Å²) in [6.45, 7) is 4.35. The van der Waals surface area contributed by atoms with Gasteiger partial charge in [0.1, 0.15) is 11.9 Å². The molecular weight excluding hydrogens is 397 g/mol. The van der Waals surface area contributed by atoms with E-state index in [9.17, 15) is 17.6 Å². The third-order valence-electron chi connectivity index (χ3n) is 4.53. The molecule has 8 heteroatoms.